The lowest BCUT2D eigenvalue weighted by Gasteiger charge is -2.29. The molecule has 3 amide bonds. The van der Waals surface area contributed by atoms with Crippen molar-refractivity contribution in [1.82, 2.24) is 14.4 Å². The van der Waals surface area contributed by atoms with Crippen LogP contribution in [0, 0.1) is 5.92 Å². The van der Waals surface area contributed by atoms with Gasteiger partial charge in [0.25, 0.3) is 0 Å². The first-order valence-corrected chi connectivity index (χ1v) is 10.8. The molecule has 1 aliphatic carbocycles. The van der Waals surface area contributed by atoms with E-state index in [0.717, 1.165) is 23.0 Å². The highest BCUT2D eigenvalue weighted by atomic mass is 79.9. The van der Waals surface area contributed by atoms with Crippen molar-refractivity contribution in [3.8, 4) is 0 Å². The molecule has 1 aliphatic rings. The fourth-order valence-corrected chi connectivity index (χ4v) is 3.70. The molecule has 0 unspecified atom stereocenters. The largest absolute Gasteiger partial charge is 0.353 e. The molecular formula is C22H29BrN4O2. The summed E-state index contributed by atoms with van der Waals surface area (Å²) in [6.07, 6.45) is 4.05. The first kappa shape index (κ1) is 21.4. The zero-order valence-corrected chi connectivity index (χ0v) is 18.9. The van der Waals surface area contributed by atoms with Crippen LogP contribution in [0.5, 0.6) is 0 Å². The fourth-order valence-electron chi connectivity index (χ4n) is 3.31. The van der Waals surface area contributed by atoms with Crippen molar-refractivity contribution < 1.29 is 9.59 Å². The van der Waals surface area contributed by atoms with Crippen LogP contribution in [-0.2, 0) is 18.4 Å². The normalized spacial score (nSPS) is 13.4. The van der Waals surface area contributed by atoms with Gasteiger partial charge in [0.2, 0.25) is 5.91 Å². The van der Waals surface area contributed by atoms with Crippen LogP contribution in [0.15, 0.2) is 47.1 Å². The smallest absolute Gasteiger partial charge is 0.322 e. The molecule has 1 fully saturated rings. The van der Waals surface area contributed by atoms with E-state index in [9.17, 15) is 9.59 Å². The van der Waals surface area contributed by atoms with Gasteiger partial charge in [-0.2, -0.15) is 0 Å². The molecule has 1 saturated carbocycles. The van der Waals surface area contributed by atoms with Crippen molar-refractivity contribution >= 4 is 33.6 Å². The predicted molar refractivity (Wildman–Crippen MR) is 119 cm³/mol. The Bertz CT molecular complexity index is 860. The number of urea groups is 1. The number of rotatable bonds is 8. The molecule has 7 heteroatoms. The van der Waals surface area contributed by atoms with Crippen LogP contribution >= 0.6 is 15.9 Å². The van der Waals surface area contributed by atoms with E-state index >= 15 is 0 Å². The lowest BCUT2D eigenvalue weighted by Crippen LogP contribution is -2.46. The number of para-hydroxylation sites is 1. The molecule has 0 radical (unpaired) electrons. The number of amides is 3. The number of nitrogens with one attached hydrogen (secondary N) is 1. The third-order valence-corrected chi connectivity index (χ3v) is 5.70. The number of carbonyl (C=O) groups is 2. The van der Waals surface area contributed by atoms with E-state index in [1.54, 1.807) is 4.90 Å². The second-order valence-electron chi connectivity index (χ2n) is 8.05. The first-order valence-electron chi connectivity index (χ1n) is 10.0. The molecule has 156 valence electrons. The summed E-state index contributed by atoms with van der Waals surface area (Å²) < 4.78 is 2.85. The Hall–Kier alpha value is -2.28. The molecule has 0 spiro atoms. The minimum Gasteiger partial charge on any atom is -0.353 e. The summed E-state index contributed by atoms with van der Waals surface area (Å²) in [5, 5.41) is 2.92. The Kier molecular flexibility index (Phi) is 7.00. The van der Waals surface area contributed by atoms with Crippen LogP contribution < -0.4 is 5.32 Å². The third kappa shape index (κ3) is 5.85. The van der Waals surface area contributed by atoms with Gasteiger partial charge in [-0.05, 0) is 59.0 Å². The number of nitrogens with zero attached hydrogens (tertiary/aromatic N) is 3. The van der Waals surface area contributed by atoms with Gasteiger partial charge in [-0.15, -0.1) is 0 Å². The van der Waals surface area contributed by atoms with E-state index < -0.39 is 0 Å². The van der Waals surface area contributed by atoms with Crippen LogP contribution in [0.25, 0.3) is 0 Å². The summed E-state index contributed by atoms with van der Waals surface area (Å²) in [4.78, 5) is 29.6. The van der Waals surface area contributed by atoms with E-state index in [2.05, 4.69) is 21.2 Å². The van der Waals surface area contributed by atoms with Crippen LogP contribution in [-0.4, -0.2) is 45.4 Å². The average Bonchev–Trinajstić information content (AvgIpc) is 3.42. The molecule has 1 heterocycles. The summed E-state index contributed by atoms with van der Waals surface area (Å²) in [5.41, 5.74) is 1.79. The van der Waals surface area contributed by atoms with Gasteiger partial charge in [-0.25, -0.2) is 4.79 Å². The number of hydrogen-bond acceptors (Lipinski definition) is 2. The SMILES string of the molecule is CC(C)CN(CC(=O)N(Cc1cccn1C)C1CC1)C(=O)Nc1ccccc1Br. The summed E-state index contributed by atoms with van der Waals surface area (Å²) in [6, 6.07) is 11.5. The quantitative estimate of drug-likeness (QED) is 0.631. The minimum absolute atomic E-state index is 0.00312. The zero-order valence-electron chi connectivity index (χ0n) is 17.3. The van der Waals surface area contributed by atoms with E-state index in [-0.39, 0.29) is 30.4 Å². The number of hydrogen-bond donors (Lipinski definition) is 1. The van der Waals surface area contributed by atoms with Crippen molar-refractivity contribution in [1.29, 1.82) is 0 Å². The average molecular weight is 461 g/mol. The maximum Gasteiger partial charge on any atom is 0.322 e. The highest BCUT2D eigenvalue weighted by Gasteiger charge is 2.34. The van der Waals surface area contributed by atoms with Gasteiger partial charge >= 0.3 is 6.03 Å². The lowest BCUT2D eigenvalue weighted by molar-refractivity contribution is -0.133. The van der Waals surface area contributed by atoms with E-state index in [0.29, 0.717) is 18.8 Å². The van der Waals surface area contributed by atoms with Gasteiger partial charge in [0.15, 0.2) is 0 Å². The van der Waals surface area contributed by atoms with E-state index in [4.69, 9.17) is 0 Å². The molecule has 1 N–H and O–H groups in total. The molecule has 0 aliphatic heterocycles. The van der Waals surface area contributed by atoms with Crippen molar-refractivity contribution in [3.63, 3.8) is 0 Å². The maximum absolute atomic E-state index is 13.2. The fraction of sp³-hybridized carbons (Fsp3) is 0.455. The minimum atomic E-state index is -0.256. The van der Waals surface area contributed by atoms with Crippen molar-refractivity contribution in [3.05, 3.63) is 52.8 Å². The Morgan fingerprint density at radius 3 is 2.52 bits per heavy atom. The number of aryl methyl sites for hydroxylation is 1. The van der Waals surface area contributed by atoms with Gasteiger partial charge in [0.05, 0.1) is 12.2 Å². The lowest BCUT2D eigenvalue weighted by atomic mass is 10.2. The summed E-state index contributed by atoms with van der Waals surface area (Å²) in [6.45, 7) is 5.27. The standard InChI is InChI=1S/C22H29BrN4O2/c1-16(2)13-26(22(29)24-20-9-5-4-8-19(20)23)15-21(28)27(17-10-11-17)14-18-7-6-12-25(18)3/h4-9,12,16-17H,10-11,13-15H2,1-3H3,(H,24,29). The maximum atomic E-state index is 13.2. The third-order valence-electron chi connectivity index (χ3n) is 5.01. The van der Waals surface area contributed by atoms with Crippen LogP contribution in [0.1, 0.15) is 32.4 Å². The molecule has 2 aromatic rings. The van der Waals surface area contributed by atoms with Gasteiger partial charge in [-0.1, -0.05) is 26.0 Å². The molecule has 29 heavy (non-hydrogen) atoms. The van der Waals surface area contributed by atoms with Crippen LogP contribution in [0.2, 0.25) is 0 Å². The van der Waals surface area contributed by atoms with Gasteiger partial charge in [0, 0.05) is 36.0 Å². The Morgan fingerprint density at radius 1 is 1.21 bits per heavy atom. The van der Waals surface area contributed by atoms with Gasteiger partial charge < -0.3 is 19.7 Å². The Labute approximate surface area is 181 Å². The molecule has 0 atom stereocenters. The Morgan fingerprint density at radius 2 is 1.93 bits per heavy atom. The van der Waals surface area contributed by atoms with E-state index in [1.807, 2.05) is 73.0 Å². The highest BCUT2D eigenvalue weighted by Crippen LogP contribution is 2.29. The monoisotopic (exact) mass is 460 g/mol. The van der Waals surface area contributed by atoms with Gasteiger partial charge in [-0.3, -0.25) is 4.79 Å². The Balaban J connectivity index is 1.70. The molecule has 3 rings (SSSR count). The molecule has 1 aromatic carbocycles. The van der Waals surface area contributed by atoms with Crippen molar-refractivity contribution in [2.75, 3.05) is 18.4 Å². The molecule has 6 nitrogen and oxygen atoms in total. The number of aromatic nitrogens is 1. The predicted octanol–water partition coefficient (Wildman–Crippen LogP) is 4.47. The molecule has 1 aromatic heterocycles. The highest BCUT2D eigenvalue weighted by molar-refractivity contribution is 9.10. The molecular weight excluding hydrogens is 432 g/mol. The summed E-state index contributed by atoms with van der Waals surface area (Å²) in [7, 11) is 1.99. The molecule has 0 saturated heterocycles. The van der Waals surface area contributed by atoms with Crippen molar-refractivity contribution in [2.24, 2.45) is 13.0 Å². The topological polar surface area (TPSA) is 57.6 Å². The molecule has 0 bridgehead atoms. The second kappa shape index (κ2) is 9.48. The van der Waals surface area contributed by atoms with E-state index in [1.165, 1.54) is 0 Å². The van der Waals surface area contributed by atoms with Crippen molar-refractivity contribution in [2.45, 2.75) is 39.3 Å². The van der Waals surface area contributed by atoms with Crippen LogP contribution in [0.4, 0.5) is 10.5 Å². The zero-order chi connectivity index (χ0) is 21.0. The number of carbonyl (C=O) groups excluding carboxylic acids is 2. The van der Waals surface area contributed by atoms with Crippen LogP contribution in [0.3, 0.4) is 0 Å². The number of benzene rings is 1. The number of halogens is 1. The first-order chi connectivity index (χ1) is 13.8. The number of anilines is 1. The second-order valence-corrected chi connectivity index (χ2v) is 8.90. The van der Waals surface area contributed by atoms with Gasteiger partial charge in [0.1, 0.15) is 6.54 Å². The summed E-state index contributed by atoms with van der Waals surface area (Å²) in [5.74, 6) is 0.256. The summed E-state index contributed by atoms with van der Waals surface area (Å²) >= 11 is 3.46.